The molecule has 0 aliphatic heterocycles. The Balaban J connectivity index is 2.02. The van der Waals surface area contributed by atoms with Crippen molar-refractivity contribution >= 4 is 58.1 Å². The summed E-state index contributed by atoms with van der Waals surface area (Å²) in [4.78, 5) is 10.1. The summed E-state index contributed by atoms with van der Waals surface area (Å²) >= 11 is 16.8. The minimum absolute atomic E-state index is 0.139. The molecule has 0 spiro atoms. The molecular formula is C14H10Cl2N4O3S. The third-order valence-corrected chi connectivity index (χ3v) is 3.51. The van der Waals surface area contributed by atoms with Crippen molar-refractivity contribution in [1.29, 1.82) is 0 Å². The number of anilines is 1. The Morgan fingerprint density at radius 3 is 2.71 bits per heavy atom. The molecule has 0 unspecified atom stereocenters. The number of nitrogens with zero attached hydrogens (tertiary/aromatic N) is 2. The summed E-state index contributed by atoms with van der Waals surface area (Å²) in [6.45, 7) is 0. The van der Waals surface area contributed by atoms with E-state index in [-0.39, 0.29) is 22.1 Å². The van der Waals surface area contributed by atoms with Crippen molar-refractivity contribution in [2.24, 2.45) is 5.10 Å². The Hall–Kier alpha value is -2.42. The van der Waals surface area contributed by atoms with Gasteiger partial charge in [0, 0.05) is 22.7 Å². The van der Waals surface area contributed by atoms with Gasteiger partial charge in [0.05, 0.1) is 21.8 Å². The van der Waals surface area contributed by atoms with Crippen LogP contribution in [-0.2, 0) is 0 Å². The summed E-state index contributed by atoms with van der Waals surface area (Å²) < 4.78 is 0. The zero-order chi connectivity index (χ0) is 17.7. The molecular weight excluding hydrogens is 375 g/mol. The van der Waals surface area contributed by atoms with Crippen LogP contribution in [-0.4, -0.2) is 21.4 Å². The second kappa shape index (κ2) is 7.91. The molecule has 0 atom stereocenters. The first kappa shape index (κ1) is 17.9. The van der Waals surface area contributed by atoms with Crippen LogP contribution in [0.15, 0.2) is 41.5 Å². The van der Waals surface area contributed by atoms with Gasteiger partial charge in [0.15, 0.2) is 5.11 Å². The van der Waals surface area contributed by atoms with Crippen LogP contribution in [0.1, 0.15) is 5.56 Å². The number of hydrogen-bond acceptors (Lipinski definition) is 5. The van der Waals surface area contributed by atoms with Crippen molar-refractivity contribution in [3.8, 4) is 5.75 Å². The van der Waals surface area contributed by atoms with E-state index in [0.29, 0.717) is 15.7 Å². The molecule has 0 heterocycles. The SMILES string of the molecule is O=[N+]([O-])c1ccc(O)c(/C=N\NC(=S)Nc2ccc(Cl)cc2Cl)c1. The predicted octanol–water partition coefficient (Wildman–Crippen LogP) is 3.93. The van der Waals surface area contributed by atoms with Crippen molar-refractivity contribution in [1.82, 2.24) is 5.43 Å². The molecule has 0 aliphatic carbocycles. The predicted molar refractivity (Wildman–Crippen MR) is 98.2 cm³/mol. The third-order valence-electron chi connectivity index (χ3n) is 2.77. The molecule has 0 fully saturated rings. The van der Waals surface area contributed by atoms with Gasteiger partial charge in [0.25, 0.3) is 5.69 Å². The van der Waals surface area contributed by atoms with E-state index >= 15 is 0 Å². The molecule has 0 aliphatic rings. The number of nitro benzene ring substituents is 1. The van der Waals surface area contributed by atoms with E-state index < -0.39 is 4.92 Å². The van der Waals surface area contributed by atoms with Gasteiger partial charge in [-0.3, -0.25) is 15.5 Å². The summed E-state index contributed by atoms with van der Waals surface area (Å²) in [5, 5.41) is 28.0. The zero-order valence-electron chi connectivity index (χ0n) is 11.9. The first-order valence-electron chi connectivity index (χ1n) is 6.39. The molecule has 0 aromatic heterocycles. The van der Waals surface area contributed by atoms with Crippen LogP contribution in [0.2, 0.25) is 10.0 Å². The normalized spacial score (nSPS) is 10.6. The molecule has 2 rings (SSSR count). The lowest BCUT2D eigenvalue weighted by molar-refractivity contribution is -0.384. The Kier molecular flexibility index (Phi) is 5.91. The maximum absolute atomic E-state index is 10.7. The number of benzene rings is 2. The molecule has 7 nitrogen and oxygen atoms in total. The van der Waals surface area contributed by atoms with Crippen LogP contribution in [0.5, 0.6) is 5.75 Å². The Morgan fingerprint density at radius 1 is 1.29 bits per heavy atom. The summed E-state index contributed by atoms with van der Waals surface area (Å²) in [7, 11) is 0. The van der Waals surface area contributed by atoms with E-state index in [1.165, 1.54) is 24.4 Å². The van der Waals surface area contributed by atoms with E-state index in [2.05, 4.69) is 15.8 Å². The fourth-order valence-corrected chi connectivity index (χ4v) is 2.28. The molecule has 0 radical (unpaired) electrons. The van der Waals surface area contributed by atoms with Gasteiger partial charge in [0.1, 0.15) is 5.75 Å². The molecule has 0 amide bonds. The number of hydrogen-bond donors (Lipinski definition) is 3. The monoisotopic (exact) mass is 384 g/mol. The van der Waals surface area contributed by atoms with Gasteiger partial charge in [-0.1, -0.05) is 23.2 Å². The van der Waals surface area contributed by atoms with Crippen molar-refractivity contribution in [3.05, 3.63) is 62.1 Å². The molecule has 24 heavy (non-hydrogen) atoms. The summed E-state index contributed by atoms with van der Waals surface area (Å²) in [5.41, 5.74) is 3.06. The second-order valence-electron chi connectivity index (χ2n) is 4.45. The fourth-order valence-electron chi connectivity index (χ4n) is 1.66. The molecule has 0 bridgehead atoms. The number of rotatable bonds is 4. The average molecular weight is 385 g/mol. The van der Waals surface area contributed by atoms with E-state index in [9.17, 15) is 15.2 Å². The molecule has 0 saturated heterocycles. The van der Waals surface area contributed by atoms with Gasteiger partial charge in [-0.25, -0.2) is 0 Å². The van der Waals surface area contributed by atoms with Crippen molar-refractivity contribution in [2.45, 2.75) is 0 Å². The lowest BCUT2D eigenvalue weighted by Gasteiger charge is -2.08. The first-order chi connectivity index (χ1) is 11.4. The highest BCUT2D eigenvalue weighted by Gasteiger charge is 2.09. The molecule has 2 aromatic carbocycles. The third kappa shape index (κ3) is 4.79. The van der Waals surface area contributed by atoms with Crippen LogP contribution in [0, 0.1) is 10.1 Å². The van der Waals surface area contributed by atoms with Gasteiger partial charge in [-0.05, 0) is 36.5 Å². The van der Waals surface area contributed by atoms with Crippen molar-refractivity contribution in [3.63, 3.8) is 0 Å². The molecule has 10 heteroatoms. The number of aromatic hydroxyl groups is 1. The van der Waals surface area contributed by atoms with Crippen LogP contribution in [0.25, 0.3) is 0 Å². The molecule has 0 saturated carbocycles. The number of nitrogens with one attached hydrogen (secondary N) is 2. The zero-order valence-corrected chi connectivity index (χ0v) is 14.2. The van der Waals surface area contributed by atoms with Crippen molar-refractivity contribution in [2.75, 3.05) is 5.32 Å². The molecule has 124 valence electrons. The Bertz CT molecular complexity index is 830. The maximum Gasteiger partial charge on any atom is 0.270 e. The van der Waals surface area contributed by atoms with Crippen LogP contribution >= 0.6 is 35.4 Å². The second-order valence-corrected chi connectivity index (χ2v) is 5.70. The molecule has 2 aromatic rings. The number of nitro groups is 1. The van der Waals surface area contributed by atoms with Crippen LogP contribution in [0.3, 0.4) is 0 Å². The van der Waals surface area contributed by atoms with Gasteiger partial charge < -0.3 is 10.4 Å². The minimum Gasteiger partial charge on any atom is -0.507 e. The van der Waals surface area contributed by atoms with E-state index in [0.717, 1.165) is 0 Å². The first-order valence-corrected chi connectivity index (χ1v) is 7.56. The highest BCUT2D eigenvalue weighted by Crippen LogP contribution is 2.25. The summed E-state index contributed by atoms with van der Waals surface area (Å²) in [6, 6.07) is 8.43. The van der Waals surface area contributed by atoms with Gasteiger partial charge in [0.2, 0.25) is 0 Å². The Morgan fingerprint density at radius 2 is 2.04 bits per heavy atom. The van der Waals surface area contributed by atoms with Crippen LogP contribution < -0.4 is 10.7 Å². The number of non-ortho nitro benzene ring substituents is 1. The number of phenolic OH excluding ortho intramolecular Hbond substituents is 1. The molecule has 3 N–H and O–H groups in total. The lowest BCUT2D eigenvalue weighted by atomic mass is 10.2. The van der Waals surface area contributed by atoms with E-state index in [4.69, 9.17) is 35.4 Å². The number of phenols is 1. The minimum atomic E-state index is -0.571. The van der Waals surface area contributed by atoms with Crippen LogP contribution in [0.4, 0.5) is 11.4 Å². The number of thiocarbonyl (C=S) groups is 1. The fraction of sp³-hybridized carbons (Fsp3) is 0. The van der Waals surface area contributed by atoms with Gasteiger partial charge in [-0.15, -0.1) is 0 Å². The lowest BCUT2D eigenvalue weighted by Crippen LogP contribution is -2.24. The topological polar surface area (TPSA) is 99.8 Å². The number of halogens is 2. The average Bonchev–Trinajstić information content (AvgIpc) is 2.51. The van der Waals surface area contributed by atoms with Gasteiger partial charge >= 0.3 is 0 Å². The largest absolute Gasteiger partial charge is 0.507 e. The highest BCUT2D eigenvalue weighted by atomic mass is 35.5. The van der Waals surface area contributed by atoms with E-state index in [1.807, 2.05) is 0 Å². The highest BCUT2D eigenvalue weighted by molar-refractivity contribution is 7.80. The Labute approximate surface area is 152 Å². The smallest absolute Gasteiger partial charge is 0.270 e. The summed E-state index contributed by atoms with van der Waals surface area (Å²) in [6.07, 6.45) is 1.21. The number of hydrazone groups is 1. The van der Waals surface area contributed by atoms with Gasteiger partial charge in [-0.2, -0.15) is 5.10 Å². The van der Waals surface area contributed by atoms with Crippen molar-refractivity contribution < 1.29 is 10.0 Å². The standard InChI is InChI=1S/C14H10Cl2N4O3S/c15-9-1-3-12(11(16)6-9)18-14(24)19-17-7-8-5-10(20(22)23)2-4-13(8)21/h1-7,21H,(H2,18,19,24)/b17-7-. The quantitative estimate of drug-likeness (QED) is 0.319. The van der Waals surface area contributed by atoms with E-state index in [1.54, 1.807) is 18.2 Å². The summed E-state index contributed by atoms with van der Waals surface area (Å²) in [5.74, 6) is -0.147. The maximum atomic E-state index is 10.7.